The SMILES string of the molecule is CC(=O)NC(C)c1nc(-c2ccc(C[C@@H](CCO)NC(=O)c3ccc(OC(C)C)c(Cl)c3)cc2)cn1C. The minimum atomic E-state index is -0.262. The van der Waals surface area contributed by atoms with Crippen molar-refractivity contribution in [3.63, 3.8) is 0 Å². The third-order valence-corrected chi connectivity index (χ3v) is 6.12. The summed E-state index contributed by atoms with van der Waals surface area (Å²) in [5.41, 5.74) is 3.20. The normalized spacial score (nSPS) is 12.8. The molecule has 0 saturated carbocycles. The van der Waals surface area contributed by atoms with Gasteiger partial charge in [-0.3, -0.25) is 9.59 Å². The van der Waals surface area contributed by atoms with Crippen molar-refractivity contribution in [2.24, 2.45) is 7.05 Å². The van der Waals surface area contributed by atoms with Crippen LogP contribution in [0.2, 0.25) is 5.02 Å². The summed E-state index contributed by atoms with van der Waals surface area (Å²) in [5.74, 6) is 0.933. The highest BCUT2D eigenvalue weighted by atomic mass is 35.5. The number of benzene rings is 2. The van der Waals surface area contributed by atoms with Gasteiger partial charge >= 0.3 is 0 Å². The first-order valence-electron chi connectivity index (χ1n) is 12.3. The molecule has 0 fully saturated rings. The van der Waals surface area contributed by atoms with Gasteiger partial charge < -0.3 is 25.0 Å². The van der Waals surface area contributed by atoms with Crippen LogP contribution in [-0.2, 0) is 18.3 Å². The fourth-order valence-corrected chi connectivity index (χ4v) is 4.35. The van der Waals surface area contributed by atoms with Crippen LogP contribution in [0.1, 0.15) is 61.9 Å². The van der Waals surface area contributed by atoms with E-state index in [1.54, 1.807) is 18.2 Å². The summed E-state index contributed by atoms with van der Waals surface area (Å²) in [6, 6.07) is 12.5. The summed E-state index contributed by atoms with van der Waals surface area (Å²) < 4.78 is 7.54. The molecule has 0 spiro atoms. The molecule has 1 heterocycles. The highest BCUT2D eigenvalue weighted by molar-refractivity contribution is 6.32. The molecule has 0 bridgehead atoms. The van der Waals surface area contributed by atoms with Gasteiger partial charge in [0.15, 0.2) is 0 Å². The molecule has 1 aromatic heterocycles. The highest BCUT2D eigenvalue weighted by Crippen LogP contribution is 2.27. The number of halogens is 1. The zero-order valence-corrected chi connectivity index (χ0v) is 22.7. The zero-order chi connectivity index (χ0) is 27.1. The van der Waals surface area contributed by atoms with E-state index >= 15 is 0 Å². The van der Waals surface area contributed by atoms with Crippen molar-refractivity contribution in [3.05, 3.63) is 70.6 Å². The lowest BCUT2D eigenvalue weighted by Gasteiger charge is -2.19. The van der Waals surface area contributed by atoms with Crippen LogP contribution in [-0.4, -0.2) is 45.2 Å². The minimum Gasteiger partial charge on any atom is -0.489 e. The third-order valence-electron chi connectivity index (χ3n) is 5.82. The van der Waals surface area contributed by atoms with Crippen LogP contribution >= 0.6 is 11.6 Å². The average Bonchev–Trinajstić information content (AvgIpc) is 3.22. The Morgan fingerprint density at radius 1 is 1.11 bits per heavy atom. The van der Waals surface area contributed by atoms with E-state index < -0.39 is 0 Å². The molecule has 198 valence electrons. The van der Waals surface area contributed by atoms with Crippen LogP contribution in [0.25, 0.3) is 11.3 Å². The number of nitrogens with one attached hydrogen (secondary N) is 2. The fraction of sp³-hybridized carbons (Fsp3) is 0.393. The predicted octanol–water partition coefficient (Wildman–Crippen LogP) is 4.45. The van der Waals surface area contributed by atoms with Crippen molar-refractivity contribution in [3.8, 4) is 17.0 Å². The zero-order valence-electron chi connectivity index (χ0n) is 21.9. The van der Waals surface area contributed by atoms with E-state index in [-0.39, 0.29) is 36.6 Å². The van der Waals surface area contributed by atoms with Crippen molar-refractivity contribution in [2.45, 2.75) is 58.7 Å². The fourth-order valence-electron chi connectivity index (χ4n) is 4.13. The Morgan fingerprint density at radius 3 is 2.41 bits per heavy atom. The van der Waals surface area contributed by atoms with Crippen LogP contribution in [0.5, 0.6) is 5.75 Å². The van der Waals surface area contributed by atoms with E-state index in [0.29, 0.717) is 29.2 Å². The predicted molar refractivity (Wildman–Crippen MR) is 145 cm³/mol. The lowest BCUT2D eigenvalue weighted by atomic mass is 10.0. The molecule has 8 nitrogen and oxygen atoms in total. The second-order valence-corrected chi connectivity index (χ2v) is 9.82. The molecule has 1 unspecified atom stereocenters. The van der Waals surface area contributed by atoms with Gasteiger partial charge in [0.05, 0.1) is 22.9 Å². The van der Waals surface area contributed by atoms with E-state index in [1.807, 2.05) is 62.8 Å². The number of imidazole rings is 1. The maximum atomic E-state index is 12.9. The Bertz CT molecular complexity index is 1220. The number of aryl methyl sites for hydroxylation is 1. The number of amides is 2. The first kappa shape index (κ1) is 28.2. The highest BCUT2D eigenvalue weighted by Gasteiger charge is 2.17. The molecule has 3 N–H and O–H groups in total. The third kappa shape index (κ3) is 7.81. The number of hydrogen-bond donors (Lipinski definition) is 3. The molecular weight excluding hydrogens is 492 g/mol. The summed E-state index contributed by atoms with van der Waals surface area (Å²) in [7, 11) is 1.90. The topological polar surface area (TPSA) is 105 Å². The number of carbonyl (C=O) groups excluding carboxylic acids is 2. The summed E-state index contributed by atoms with van der Waals surface area (Å²) in [6.45, 7) is 7.15. The van der Waals surface area contributed by atoms with Gasteiger partial charge in [0.25, 0.3) is 5.91 Å². The largest absolute Gasteiger partial charge is 0.489 e. The maximum absolute atomic E-state index is 12.9. The number of rotatable bonds is 11. The van der Waals surface area contributed by atoms with Crippen LogP contribution in [0.15, 0.2) is 48.7 Å². The lowest BCUT2D eigenvalue weighted by Crippen LogP contribution is -2.37. The second-order valence-electron chi connectivity index (χ2n) is 9.41. The molecule has 2 amide bonds. The van der Waals surface area contributed by atoms with Gasteiger partial charge in [-0.15, -0.1) is 0 Å². The van der Waals surface area contributed by atoms with Gasteiger partial charge in [-0.2, -0.15) is 0 Å². The van der Waals surface area contributed by atoms with Crippen molar-refractivity contribution >= 4 is 23.4 Å². The number of nitrogens with zero attached hydrogens (tertiary/aromatic N) is 2. The van der Waals surface area contributed by atoms with E-state index in [9.17, 15) is 14.7 Å². The van der Waals surface area contributed by atoms with Crippen LogP contribution in [0.3, 0.4) is 0 Å². The molecule has 0 aliphatic rings. The Labute approximate surface area is 223 Å². The summed E-state index contributed by atoms with van der Waals surface area (Å²) >= 11 is 6.29. The van der Waals surface area contributed by atoms with Crippen molar-refractivity contribution in [1.29, 1.82) is 0 Å². The van der Waals surface area contributed by atoms with Gasteiger partial charge in [-0.1, -0.05) is 35.9 Å². The van der Waals surface area contributed by atoms with Crippen molar-refractivity contribution in [1.82, 2.24) is 20.2 Å². The average molecular weight is 527 g/mol. The molecule has 0 aliphatic carbocycles. The molecule has 9 heteroatoms. The molecule has 3 aromatic rings. The summed E-state index contributed by atoms with van der Waals surface area (Å²) in [5, 5.41) is 15.8. The van der Waals surface area contributed by atoms with E-state index in [2.05, 4.69) is 10.6 Å². The standard InChI is InChI=1S/C28H35ClN4O4/c1-17(2)37-26-11-10-22(15-24(26)29)28(36)31-23(12-13-34)14-20-6-8-21(9-7-20)25-16-33(5)27(32-25)18(3)30-19(4)35/h6-11,15-18,23,34H,12-14H2,1-5H3,(H,30,35)(H,31,36)/t18?,23-/m1/s1. The number of aromatic nitrogens is 2. The van der Waals surface area contributed by atoms with Crippen LogP contribution < -0.4 is 15.4 Å². The van der Waals surface area contributed by atoms with Gasteiger partial charge in [0.1, 0.15) is 11.6 Å². The van der Waals surface area contributed by atoms with Crippen molar-refractivity contribution in [2.75, 3.05) is 6.61 Å². The molecule has 0 saturated heterocycles. The molecule has 0 radical (unpaired) electrons. The van der Waals surface area contributed by atoms with Gasteiger partial charge in [-0.25, -0.2) is 4.98 Å². The van der Waals surface area contributed by atoms with Gasteiger partial charge in [-0.05, 0) is 57.4 Å². The van der Waals surface area contributed by atoms with Crippen LogP contribution in [0.4, 0.5) is 0 Å². The molecular formula is C28H35ClN4O4. The van der Waals surface area contributed by atoms with E-state index in [1.165, 1.54) is 6.92 Å². The lowest BCUT2D eigenvalue weighted by molar-refractivity contribution is -0.119. The summed E-state index contributed by atoms with van der Waals surface area (Å²) in [4.78, 5) is 29.0. The van der Waals surface area contributed by atoms with E-state index in [4.69, 9.17) is 21.3 Å². The van der Waals surface area contributed by atoms with Gasteiger partial charge in [0.2, 0.25) is 5.91 Å². The van der Waals surface area contributed by atoms with Crippen LogP contribution in [0, 0.1) is 0 Å². The van der Waals surface area contributed by atoms with E-state index in [0.717, 1.165) is 22.6 Å². The summed E-state index contributed by atoms with van der Waals surface area (Å²) in [6.07, 6.45) is 2.88. The number of ether oxygens (including phenoxy) is 1. The molecule has 2 atom stereocenters. The quantitative estimate of drug-likeness (QED) is 0.342. The monoisotopic (exact) mass is 526 g/mol. The first-order valence-corrected chi connectivity index (χ1v) is 12.7. The smallest absolute Gasteiger partial charge is 0.251 e. The maximum Gasteiger partial charge on any atom is 0.251 e. The number of aliphatic hydroxyl groups excluding tert-OH is 1. The van der Waals surface area contributed by atoms with Crippen molar-refractivity contribution < 1.29 is 19.4 Å². The molecule has 2 aromatic carbocycles. The van der Waals surface area contributed by atoms with Gasteiger partial charge in [0, 0.05) is 43.9 Å². The second kappa shape index (κ2) is 12.7. The number of aliphatic hydroxyl groups is 1. The molecule has 37 heavy (non-hydrogen) atoms. The Morgan fingerprint density at radius 2 is 1.81 bits per heavy atom. The molecule has 3 rings (SSSR count). The Kier molecular flexibility index (Phi) is 9.72. The Balaban J connectivity index is 1.68. The Hall–Kier alpha value is -3.36. The number of carbonyl (C=O) groups is 2. The first-order chi connectivity index (χ1) is 17.6. The molecule has 0 aliphatic heterocycles. The minimum absolute atomic E-state index is 0.0236. The number of hydrogen-bond acceptors (Lipinski definition) is 5.